The number of esters is 1. The number of aromatic nitrogens is 1. The molecule has 6 rings (SSSR count). The van der Waals surface area contributed by atoms with E-state index >= 15 is 0 Å². The van der Waals surface area contributed by atoms with Crippen molar-refractivity contribution in [2.75, 3.05) is 6.61 Å². The molecule has 3 aromatic carbocycles. The molecule has 0 radical (unpaired) electrons. The van der Waals surface area contributed by atoms with Crippen molar-refractivity contribution in [1.82, 2.24) is 4.57 Å². The number of ether oxygens (including phenoxy) is 2. The summed E-state index contributed by atoms with van der Waals surface area (Å²) in [5, 5.41) is 0. The molecule has 1 aliphatic carbocycles. The Kier molecular flexibility index (Phi) is 6.99. The molecule has 6 nitrogen and oxygen atoms in total. The molecule has 0 unspecified atom stereocenters. The maximum Gasteiger partial charge on any atom is 0.308 e. The Morgan fingerprint density at radius 3 is 2.67 bits per heavy atom. The van der Waals surface area contributed by atoms with Gasteiger partial charge in [-0.25, -0.2) is 4.99 Å². The van der Waals surface area contributed by atoms with Crippen LogP contribution >= 0.6 is 33.9 Å². The average molecular weight is 649 g/mol. The molecule has 0 saturated carbocycles. The van der Waals surface area contributed by atoms with Gasteiger partial charge in [0.2, 0.25) is 0 Å². The molecule has 4 aromatic rings. The lowest BCUT2D eigenvalue weighted by atomic mass is 9.83. The third-order valence-corrected chi connectivity index (χ3v) is 8.65. The zero-order chi connectivity index (χ0) is 27.1. The third kappa shape index (κ3) is 4.76. The molecule has 39 heavy (non-hydrogen) atoms. The van der Waals surface area contributed by atoms with Gasteiger partial charge < -0.3 is 9.47 Å². The maximum atomic E-state index is 14.0. The largest absolute Gasteiger partial charge is 0.490 e. The molecule has 196 valence electrons. The fraction of sp³-hybridized carbons (Fsp3) is 0.194. The molecule has 1 aromatic heterocycles. The number of nitrogens with zero attached hydrogens (tertiary/aromatic N) is 2. The van der Waals surface area contributed by atoms with Crippen LogP contribution in [0.2, 0.25) is 0 Å². The van der Waals surface area contributed by atoms with Crippen molar-refractivity contribution in [3.63, 3.8) is 0 Å². The van der Waals surface area contributed by atoms with Gasteiger partial charge in [0.15, 0.2) is 16.3 Å². The first-order valence-electron chi connectivity index (χ1n) is 12.8. The molecule has 1 aliphatic heterocycles. The van der Waals surface area contributed by atoms with Crippen LogP contribution in [0.15, 0.2) is 82.1 Å². The van der Waals surface area contributed by atoms with Gasteiger partial charge in [-0.15, -0.1) is 0 Å². The molecular formula is C31H25IN2O4S. The van der Waals surface area contributed by atoms with Crippen molar-refractivity contribution in [2.45, 2.75) is 32.7 Å². The minimum atomic E-state index is -0.415. The Hall–Kier alpha value is -3.50. The second kappa shape index (κ2) is 10.6. The monoisotopic (exact) mass is 648 g/mol. The van der Waals surface area contributed by atoms with Crippen molar-refractivity contribution >= 4 is 51.7 Å². The van der Waals surface area contributed by atoms with E-state index in [1.165, 1.54) is 29.4 Å². The summed E-state index contributed by atoms with van der Waals surface area (Å²) < 4.78 is 14.3. The fourth-order valence-corrected chi connectivity index (χ4v) is 7.02. The van der Waals surface area contributed by atoms with E-state index in [0.29, 0.717) is 27.4 Å². The summed E-state index contributed by atoms with van der Waals surface area (Å²) in [6.45, 7) is 3.65. The van der Waals surface area contributed by atoms with E-state index in [9.17, 15) is 9.59 Å². The SMILES string of the molecule is CCOc1cc(/C=c2/sc3n(c2=O)[C@@H](c2ccccc2)C2=C(N=3)c3ccccc3CC2)cc(I)c1OC(C)=O. The fourth-order valence-electron chi connectivity index (χ4n) is 5.29. The van der Waals surface area contributed by atoms with Gasteiger partial charge in [-0.1, -0.05) is 65.9 Å². The lowest BCUT2D eigenvalue weighted by Gasteiger charge is -2.30. The number of halogens is 1. The minimum absolute atomic E-state index is 0.0740. The van der Waals surface area contributed by atoms with Gasteiger partial charge in [0.1, 0.15) is 0 Å². The molecule has 1 atom stereocenters. The smallest absolute Gasteiger partial charge is 0.308 e. The zero-order valence-electron chi connectivity index (χ0n) is 21.4. The molecule has 0 saturated heterocycles. The summed E-state index contributed by atoms with van der Waals surface area (Å²) in [5.74, 6) is 0.438. The van der Waals surface area contributed by atoms with Crippen molar-refractivity contribution in [2.24, 2.45) is 4.99 Å². The third-order valence-electron chi connectivity index (χ3n) is 6.86. The molecular weight excluding hydrogens is 623 g/mol. The number of hydrogen-bond donors (Lipinski definition) is 0. The lowest BCUT2D eigenvalue weighted by Crippen LogP contribution is -2.38. The van der Waals surface area contributed by atoms with Crippen LogP contribution in [0.1, 0.15) is 48.6 Å². The lowest BCUT2D eigenvalue weighted by molar-refractivity contribution is -0.132. The Balaban J connectivity index is 1.55. The van der Waals surface area contributed by atoms with Gasteiger partial charge >= 0.3 is 5.97 Å². The molecule has 0 N–H and O–H groups in total. The number of aryl methyl sites for hydroxylation is 1. The van der Waals surface area contributed by atoms with Crippen LogP contribution in [0.4, 0.5) is 0 Å². The summed E-state index contributed by atoms with van der Waals surface area (Å²) in [7, 11) is 0. The van der Waals surface area contributed by atoms with Crippen molar-refractivity contribution in [3.05, 3.63) is 118 Å². The van der Waals surface area contributed by atoms with E-state index < -0.39 is 5.97 Å². The van der Waals surface area contributed by atoms with Crippen LogP contribution in [0.3, 0.4) is 0 Å². The van der Waals surface area contributed by atoms with Gasteiger partial charge in [-0.3, -0.25) is 14.2 Å². The van der Waals surface area contributed by atoms with E-state index in [-0.39, 0.29) is 11.6 Å². The van der Waals surface area contributed by atoms with Crippen molar-refractivity contribution < 1.29 is 14.3 Å². The van der Waals surface area contributed by atoms with Gasteiger partial charge in [-0.05, 0) is 82.8 Å². The maximum absolute atomic E-state index is 14.0. The van der Waals surface area contributed by atoms with Crippen LogP contribution in [0, 0.1) is 3.57 Å². The van der Waals surface area contributed by atoms with E-state index in [2.05, 4.69) is 52.9 Å². The first-order chi connectivity index (χ1) is 18.9. The summed E-state index contributed by atoms with van der Waals surface area (Å²) in [6.07, 6.45) is 3.64. The Bertz CT molecular complexity index is 1820. The van der Waals surface area contributed by atoms with Crippen LogP contribution in [-0.2, 0) is 11.2 Å². The highest BCUT2D eigenvalue weighted by molar-refractivity contribution is 14.1. The number of carbonyl (C=O) groups is 1. The molecule has 0 amide bonds. The second-order valence-corrected chi connectivity index (χ2v) is 11.6. The first-order valence-corrected chi connectivity index (χ1v) is 14.7. The molecule has 0 fully saturated rings. The summed E-state index contributed by atoms with van der Waals surface area (Å²) in [6, 6.07) is 22.1. The van der Waals surface area contributed by atoms with Gasteiger partial charge in [0, 0.05) is 12.5 Å². The molecule has 8 heteroatoms. The Morgan fingerprint density at radius 1 is 1.13 bits per heavy atom. The highest BCUT2D eigenvalue weighted by Crippen LogP contribution is 2.41. The Labute approximate surface area is 243 Å². The number of thiazole rings is 1. The predicted molar refractivity (Wildman–Crippen MR) is 161 cm³/mol. The first kappa shape index (κ1) is 25.8. The van der Waals surface area contributed by atoms with Crippen molar-refractivity contribution in [1.29, 1.82) is 0 Å². The van der Waals surface area contributed by atoms with E-state index in [4.69, 9.17) is 14.5 Å². The number of carbonyl (C=O) groups excluding carboxylic acids is 1. The van der Waals surface area contributed by atoms with Crippen molar-refractivity contribution in [3.8, 4) is 11.5 Å². The highest BCUT2D eigenvalue weighted by atomic mass is 127. The Morgan fingerprint density at radius 2 is 1.90 bits per heavy atom. The summed E-state index contributed by atoms with van der Waals surface area (Å²) in [4.78, 5) is 31.4. The highest BCUT2D eigenvalue weighted by Gasteiger charge is 2.32. The molecule has 2 heterocycles. The summed E-state index contributed by atoms with van der Waals surface area (Å²) in [5.41, 5.74) is 6.39. The summed E-state index contributed by atoms with van der Waals surface area (Å²) >= 11 is 3.51. The predicted octanol–water partition coefficient (Wildman–Crippen LogP) is 5.25. The van der Waals surface area contributed by atoms with Crippen LogP contribution in [0.25, 0.3) is 11.8 Å². The van der Waals surface area contributed by atoms with E-state index in [0.717, 1.165) is 38.8 Å². The van der Waals surface area contributed by atoms with E-state index in [1.807, 2.05) is 47.9 Å². The van der Waals surface area contributed by atoms with Gasteiger partial charge in [0.05, 0.1) is 26.4 Å². The molecule has 0 bridgehead atoms. The average Bonchev–Trinajstić information content (AvgIpc) is 3.24. The standard InChI is InChI=1S/C31H25IN2O4S/c1-3-37-25-16-19(15-24(32)29(25)38-18(2)35)17-26-30(36)34-28(21-10-5-4-6-11-21)23-14-13-20-9-7-8-12-22(20)27(23)33-31(34)39-26/h4-12,15-17,28H,3,13-14H2,1-2H3/b26-17+/t28-/m0/s1. The second-order valence-electron chi connectivity index (χ2n) is 9.38. The zero-order valence-corrected chi connectivity index (χ0v) is 24.4. The van der Waals surface area contributed by atoms with Crippen LogP contribution in [-0.4, -0.2) is 17.1 Å². The normalized spacial score (nSPS) is 16.2. The number of hydrogen-bond acceptors (Lipinski definition) is 6. The van der Waals surface area contributed by atoms with Crippen LogP contribution < -0.4 is 24.4 Å². The quantitative estimate of drug-likeness (QED) is 0.169. The molecule has 2 aliphatic rings. The number of allylic oxidation sites excluding steroid dienone is 1. The van der Waals surface area contributed by atoms with E-state index in [1.54, 1.807) is 6.07 Å². The minimum Gasteiger partial charge on any atom is -0.490 e. The number of rotatable bonds is 5. The molecule has 0 spiro atoms. The van der Waals surface area contributed by atoms with Gasteiger partial charge in [0.25, 0.3) is 5.56 Å². The topological polar surface area (TPSA) is 69.9 Å². The van der Waals surface area contributed by atoms with Crippen LogP contribution in [0.5, 0.6) is 11.5 Å². The number of fused-ring (bicyclic) bond motifs is 3. The number of benzene rings is 3. The van der Waals surface area contributed by atoms with Gasteiger partial charge in [-0.2, -0.15) is 0 Å².